The highest BCUT2D eigenvalue weighted by atomic mass is 19.1. The minimum absolute atomic E-state index is 0.0411. The molecule has 4 heteroatoms. The number of amides is 1. The van der Waals surface area contributed by atoms with Crippen LogP contribution in [0.15, 0.2) is 36.4 Å². The zero-order chi connectivity index (χ0) is 14.1. The van der Waals surface area contributed by atoms with Crippen molar-refractivity contribution in [3.05, 3.63) is 47.8 Å². The van der Waals surface area contributed by atoms with E-state index in [9.17, 15) is 9.18 Å². The van der Waals surface area contributed by atoms with Crippen LogP contribution in [-0.4, -0.2) is 29.9 Å². The molecule has 1 aliphatic rings. The van der Waals surface area contributed by atoms with Crippen molar-refractivity contribution in [3.8, 4) is 0 Å². The average Bonchev–Trinajstić information content (AvgIpc) is 2.47. The van der Waals surface area contributed by atoms with Gasteiger partial charge in [0.05, 0.1) is 0 Å². The van der Waals surface area contributed by atoms with Gasteiger partial charge in [0.25, 0.3) is 5.91 Å². The molecule has 1 aliphatic heterocycles. The molecular formula is C16H17FN2O. The first kappa shape index (κ1) is 13.1. The second-order valence-corrected chi connectivity index (χ2v) is 5.29. The molecule has 0 aliphatic carbocycles. The number of rotatable bonds is 1. The number of nitrogens with zero attached hydrogens (tertiary/aromatic N) is 1. The number of nitrogens with two attached hydrogens (primary N) is 1. The highest BCUT2D eigenvalue weighted by Gasteiger charge is 2.23. The number of hydrogen-bond donors (Lipinski definition) is 1. The first-order valence-corrected chi connectivity index (χ1v) is 6.89. The van der Waals surface area contributed by atoms with Gasteiger partial charge >= 0.3 is 0 Å². The molecule has 3 nitrogen and oxygen atoms in total. The fourth-order valence-corrected chi connectivity index (χ4v) is 2.81. The van der Waals surface area contributed by atoms with Crippen LogP contribution in [0.3, 0.4) is 0 Å². The van der Waals surface area contributed by atoms with Crippen LogP contribution >= 0.6 is 0 Å². The van der Waals surface area contributed by atoms with Crippen LogP contribution in [0.2, 0.25) is 0 Å². The van der Waals surface area contributed by atoms with E-state index in [4.69, 9.17) is 5.73 Å². The molecule has 2 aromatic rings. The Balaban J connectivity index is 2.01. The van der Waals surface area contributed by atoms with Gasteiger partial charge in [0.1, 0.15) is 5.82 Å². The van der Waals surface area contributed by atoms with Crippen LogP contribution in [0.5, 0.6) is 0 Å². The Kier molecular flexibility index (Phi) is 3.40. The van der Waals surface area contributed by atoms with Gasteiger partial charge in [-0.2, -0.15) is 0 Å². The standard InChI is InChI=1S/C16H17FN2O/c17-15-8-7-14(12-5-1-2-6-13(12)15)16(20)19-9-3-4-11(18)10-19/h1-2,5-8,11H,3-4,9-10,18H2/t11-/m1/s1. The molecule has 1 atom stereocenters. The third kappa shape index (κ3) is 2.27. The molecule has 1 amide bonds. The number of fused-ring (bicyclic) bond motifs is 1. The molecule has 1 heterocycles. The summed E-state index contributed by atoms with van der Waals surface area (Å²) in [7, 11) is 0. The second kappa shape index (κ2) is 5.21. The van der Waals surface area contributed by atoms with Crippen LogP contribution in [0.25, 0.3) is 10.8 Å². The summed E-state index contributed by atoms with van der Waals surface area (Å²) in [5.41, 5.74) is 6.48. The van der Waals surface area contributed by atoms with Crippen molar-refractivity contribution in [2.45, 2.75) is 18.9 Å². The van der Waals surface area contributed by atoms with Gasteiger partial charge in [0.2, 0.25) is 0 Å². The Labute approximate surface area is 117 Å². The third-order valence-corrected chi connectivity index (χ3v) is 3.85. The second-order valence-electron chi connectivity index (χ2n) is 5.29. The van der Waals surface area contributed by atoms with Gasteiger partial charge in [0, 0.05) is 30.1 Å². The van der Waals surface area contributed by atoms with Crippen LogP contribution in [0.1, 0.15) is 23.2 Å². The van der Waals surface area contributed by atoms with E-state index < -0.39 is 0 Å². The van der Waals surface area contributed by atoms with Gasteiger partial charge in [-0.15, -0.1) is 0 Å². The fraction of sp³-hybridized carbons (Fsp3) is 0.312. The molecule has 0 bridgehead atoms. The average molecular weight is 272 g/mol. The van der Waals surface area contributed by atoms with E-state index in [0.717, 1.165) is 19.4 Å². The van der Waals surface area contributed by atoms with Crippen molar-refractivity contribution in [3.63, 3.8) is 0 Å². The lowest BCUT2D eigenvalue weighted by molar-refractivity contribution is 0.0711. The quantitative estimate of drug-likeness (QED) is 0.867. The van der Waals surface area contributed by atoms with Gasteiger partial charge < -0.3 is 10.6 Å². The number of benzene rings is 2. The molecule has 1 saturated heterocycles. The number of piperidine rings is 1. The van der Waals surface area contributed by atoms with Crippen molar-refractivity contribution in [1.29, 1.82) is 0 Å². The lowest BCUT2D eigenvalue weighted by atomic mass is 10.0. The van der Waals surface area contributed by atoms with Crippen molar-refractivity contribution in [2.24, 2.45) is 5.73 Å². The van der Waals surface area contributed by atoms with Gasteiger partial charge in [-0.05, 0) is 30.4 Å². The maximum atomic E-state index is 13.8. The number of carbonyl (C=O) groups is 1. The van der Waals surface area contributed by atoms with E-state index >= 15 is 0 Å². The lowest BCUT2D eigenvalue weighted by Gasteiger charge is -2.31. The Bertz CT molecular complexity index is 656. The summed E-state index contributed by atoms with van der Waals surface area (Å²) in [6.45, 7) is 1.29. The molecule has 0 aromatic heterocycles. The first-order valence-electron chi connectivity index (χ1n) is 6.89. The Hall–Kier alpha value is -1.94. The molecule has 2 aromatic carbocycles. The Morgan fingerprint density at radius 2 is 1.95 bits per heavy atom. The van der Waals surface area contributed by atoms with E-state index in [2.05, 4.69) is 0 Å². The maximum absolute atomic E-state index is 13.8. The van der Waals surface area contributed by atoms with Crippen molar-refractivity contribution >= 4 is 16.7 Å². The fourth-order valence-electron chi connectivity index (χ4n) is 2.81. The normalized spacial score (nSPS) is 19.3. The molecule has 0 saturated carbocycles. The smallest absolute Gasteiger partial charge is 0.254 e. The summed E-state index contributed by atoms with van der Waals surface area (Å²) in [5, 5.41) is 1.15. The van der Waals surface area contributed by atoms with E-state index in [1.54, 1.807) is 29.2 Å². The number of halogens is 1. The molecule has 104 valence electrons. The minimum Gasteiger partial charge on any atom is -0.337 e. The summed E-state index contributed by atoms with van der Waals surface area (Å²) in [5.74, 6) is -0.358. The van der Waals surface area contributed by atoms with Crippen LogP contribution in [-0.2, 0) is 0 Å². The molecule has 20 heavy (non-hydrogen) atoms. The molecule has 0 unspecified atom stereocenters. The molecule has 2 N–H and O–H groups in total. The van der Waals surface area contributed by atoms with Gasteiger partial charge in [0.15, 0.2) is 0 Å². The van der Waals surface area contributed by atoms with Crippen LogP contribution < -0.4 is 5.73 Å². The van der Waals surface area contributed by atoms with Crippen molar-refractivity contribution in [1.82, 2.24) is 4.90 Å². The SMILES string of the molecule is N[C@@H]1CCCN(C(=O)c2ccc(F)c3ccccc23)C1. The van der Waals surface area contributed by atoms with E-state index in [1.807, 2.05) is 6.07 Å². The largest absolute Gasteiger partial charge is 0.337 e. The van der Waals surface area contributed by atoms with Crippen molar-refractivity contribution in [2.75, 3.05) is 13.1 Å². The summed E-state index contributed by atoms with van der Waals surface area (Å²) in [6, 6.07) is 10.1. The van der Waals surface area contributed by atoms with Crippen molar-refractivity contribution < 1.29 is 9.18 Å². The summed E-state index contributed by atoms with van der Waals surface area (Å²) in [6.07, 6.45) is 1.87. The molecule has 1 fully saturated rings. The zero-order valence-electron chi connectivity index (χ0n) is 11.2. The van der Waals surface area contributed by atoms with Crippen LogP contribution in [0, 0.1) is 5.82 Å². The Morgan fingerprint density at radius 1 is 1.20 bits per heavy atom. The number of likely N-dealkylation sites (tertiary alicyclic amines) is 1. The third-order valence-electron chi connectivity index (χ3n) is 3.85. The lowest BCUT2D eigenvalue weighted by Crippen LogP contribution is -2.45. The molecular weight excluding hydrogens is 255 g/mol. The molecule has 3 rings (SSSR count). The monoisotopic (exact) mass is 272 g/mol. The Morgan fingerprint density at radius 3 is 2.70 bits per heavy atom. The van der Waals surface area contributed by atoms with E-state index in [1.165, 1.54) is 6.07 Å². The highest BCUT2D eigenvalue weighted by Crippen LogP contribution is 2.24. The minimum atomic E-state index is -0.299. The topological polar surface area (TPSA) is 46.3 Å². The predicted molar refractivity (Wildman–Crippen MR) is 77.0 cm³/mol. The van der Waals surface area contributed by atoms with Gasteiger partial charge in [-0.25, -0.2) is 4.39 Å². The zero-order valence-corrected chi connectivity index (χ0v) is 11.2. The van der Waals surface area contributed by atoms with E-state index in [0.29, 0.717) is 22.9 Å². The predicted octanol–water partition coefficient (Wildman–Crippen LogP) is 2.54. The van der Waals surface area contributed by atoms with Crippen LogP contribution in [0.4, 0.5) is 4.39 Å². The first-order chi connectivity index (χ1) is 9.66. The highest BCUT2D eigenvalue weighted by molar-refractivity contribution is 6.07. The number of carbonyl (C=O) groups excluding carboxylic acids is 1. The summed E-state index contributed by atoms with van der Waals surface area (Å²) in [4.78, 5) is 14.4. The molecule has 0 spiro atoms. The van der Waals surface area contributed by atoms with Gasteiger partial charge in [-0.3, -0.25) is 4.79 Å². The summed E-state index contributed by atoms with van der Waals surface area (Å²) < 4.78 is 13.8. The summed E-state index contributed by atoms with van der Waals surface area (Å²) >= 11 is 0. The number of hydrogen-bond acceptors (Lipinski definition) is 2. The van der Waals surface area contributed by atoms with Gasteiger partial charge in [-0.1, -0.05) is 24.3 Å². The van der Waals surface area contributed by atoms with E-state index in [-0.39, 0.29) is 17.8 Å². The molecule has 0 radical (unpaired) electrons. The maximum Gasteiger partial charge on any atom is 0.254 e.